The molecular formula is C20H17N3O4S. The number of esters is 1. The van der Waals surface area contributed by atoms with Crippen LogP contribution in [0.2, 0.25) is 0 Å². The molecule has 3 rings (SSSR count). The number of hydrogen-bond donors (Lipinski definition) is 2. The lowest BCUT2D eigenvalue weighted by Gasteiger charge is -2.14. The zero-order chi connectivity index (χ0) is 20.1. The quantitative estimate of drug-likeness (QED) is 0.770. The second-order valence-electron chi connectivity index (χ2n) is 6.08. The molecule has 0 aliphatic carbocycles. The fourth-order valence-corrected chi connectivity index (χ4v) is 3.44. The van der Waals surface area contributed by atoms with Gasteiger partial charge in [-0.05, 0) is 49.4 Å². The van der Waals surface area contributed by atoms with Crippen molar-refractivity contribution in [3.05, 3.63) is 53.6 Å². The van der Waals surface area contributed by atoms with E-state index in [1.165, 1.54) is 18.7 Å². The fraction of sp³-hybridized carbons (Fsp3) is 0.200. The summed E-state index contributed by atoms with van der Waals surface area (Å²) in [5, 5.41) is 14.2. The number of ether oxygens (including phenoxy) is 1. The normalized spacial score (nSPS) is 13.9. The zero-order valence-corrected chi connectivity index (χ0v) is 15.8. The zero-order valence-electron chi connectivity index (χ0n) is 15.0. The molecule has 142 valence electrons. The monoisotopic (exact) mass is 395 g/mol. The first kappa shape index (κ1) is 19.5. The van der Waals surface area contributed by atoms with Crippen LogP contribution in [-0.2, 0) is 14.3 Å². The minimum absolute atomic E-state index is 0.105. The first-order valence-corrected chi connectivity index (χ1v) is 9.53. The fourth-order valence-electron chi connectivity index (χ4n) is 2.50. The summed E-state index contributed by atoms with van der Waals surface area (Å²) in [6, 6.07) is 13.3. The highest BCUT2D eigenvalue weighted by Gasteiger charge is 2.21. The third-order valence-electron chi connectivity index (χ3n) is 4.01. The number of nitrogens with one attached hydrogen (secondary N) is 2. The van der Waals surface area contributed by atoms with Gasteiger partial charge in [-0.15, -0.1) is 11.8 Å². The summed E-state index contributed by atoms with van der Waals surface area (Å²) in [6.45, 7) is 1.47. The second kappa shape index (κ2) is 8.59. The number of nitrogens with zero attached hydrogens (tertiary/aromatic N) is 1. The Morgan fingerprint density at radius 1 is 1.25 bits per heavy atom. The lowest BCUT2D eigenvalue weighted by atomic mass is 10.2. The van der Waals surface area contributed by atoms with Gasteiger partial charge in [-0.2, -0.15) is 5.26 Å². The number of carbonyl (C=O) groups is 3. The van der Waals surface area contributed by atoms with Gasteiger partial charge in [-0.3, -0.25) is 9.59 Å². The van der Waals surface area contributed by atoms with Crippen molar-refractivity contribution >= 4 is 40.9 Å². The van der Waals surface area contributed by atoms with Gasteiger partial charge in [0.2, 0.25) is 5.91 Å². The van der Waals surface area contributed by atoms with Gasteiger partial charge in [0, 0.05) is 22.8 Å². The number of carbonyl (C=O) groups excluding carboxylic acids is 3. The van der Waals surface area contributed by atoms with Gasteiger partial charge >= 0.3 is 5.97 Å². The molecular weight excluding hydrogens is 378 g/mol. The average Bonchev–Trinajstić information content (AvgIpc) is 2.88. The molecule has 2 N–H and O–H groups in total. The molecule has 8 heteroatoms. The Morgan fingerprint density at radius 2 is 2.00 bits per heavy atom. The Morgan fingerprint density at radius 3 is 2.71 bits per heavy atom. The molecule has 0 saturated carbocycles. The number of nitriles is 1. The third-order valence-corrected chi connectivity index (χ3v) is 5.09. The number of hydrogen-bond acceptors (Lipinski definition) is 6. The standard InChI is InChI=1S/C20H17N3O4S/c1-12(19(25)22-15-5-2-13(11-21)3-6-15)27-20(26)14-4-7-17-16(10-14)23-18(24)8-9-28-17/h2-7,10,12H,8-9H2,1H3,(H,22,25)(H,23,24)/t12-/m1/s1. The van der Waals surface area contributed by atoms with Crippen molar-refractivity contribution < 1.29 is 19.1 Å². The Hall–Kier alpha value is -3.31. The van der Waals surface area contributed by atoms with Crippen LogP contribution in [0.5, 0.6) is 0 Å². The molecule has 1 aliphatic heterocycles. The number of rotatable bonds is 4. The molecule has 0 spiro atoms. The van der Waals surface area contributed by atoms with E-state index in [2.05, 4.69) is 10.6 Å². The summed E-state index contributed by atoms with van der Waals surface area (Å²) < 4.78 is 5.24. The molecule has 0 saturated heterocycles. The molecule has 2 aromatic rings. The highest BCUT2D eigenvalue weighted by Crippen LogP contribution is 2.31. The van der Waals surface area contributed by atoms with Gasteiger partial charge in [-0.1, -0.05) is 0 Å². The SMILES string of the molecule is C[C@@H](OC(=O)c1ccc2c(c1)NC(=O)CCS2)C(=O)Nc1ccc(C#N)cc1. The van der Waals surface area contributed by atoms with Crippen molar-refractivity contribution in [2.75, 3.05) is 16.4 Å². The average molecular weight is 395 g/mol. The van der Waals surface area contributed by atoms with E-state index in [4.69, 9.17) is 10.00 Å². The van der Waals surface area contributed by atoms with E-state index < -0.39 is 18.0 Å². The maximum Gasteiger partial charge on any atom is 0.338 e. The molecule has 28 heavy (non-hydrogen) atoms. The molecule has 1 heterocycles. The van der Waals surface area contributed by atoms with Crippen LogP contribution in [-0.4, -0.2) is 29.6 Å². The molecule has 0 unspecified atom stereocenters. The van der Waals surface area contributed by atoms with Crippen LogP contribution in [0.3, 0.4) is 0 Å². The van der Waals surface area contributed by atoms with E-state index >= 15 is 0 Å². The van der Waals surface area contributed by atoms with Crippen molar-refractivity contribution in [1.82, 2.24) is 0 Å². The summed E-state index contributed by atoms with van der Waals surface area (Å²) in [6.07, 6.45) is -0.614. The van der Waals surface area contributed by atoms with Gasteiger partial charge in [-0.25, -0.2) is 4.79 Å². The van der Waals surface area contributed by atoms with Gasteiger partial charge in [0.25, 0.3) is 5.91 Å². The Bertz CT molecular complexity index is 966. The molecule has 7 nitrogen and oxygen atoms in total. The number of amides is 2. The van der Waals surface area contributed by atoms with E-state index in [0.717, 1.165) is 4.90 Å². The molecule has 1 aliphatic rings. The van der Waals surface area contributed by atoms with Gasteiger partial charge < -0.3 is 15.4 Å². The molecule has 1 atom stereocenters. The summed E-state index contributed by atoms with van der Waals surface area (Å²) in [4.78, 5) is 37.2. The van der Waals surface area contributed by atoms with Crippen LogP contribution in [0.4, 0.5) is 11.4 Å². The van der Waals surface area contributed by atoms with Crippen molar-refractivity contribution in [2.45, 2.75) is 24.3 Å². The number of thioether (sulfide) groups is 1. The van der Waals surface area contributed by atoms with Crippen LogP contribution in [0.25, 0.3) is 0 Å². The van der Waals surface area contributed by atoms with E-state index in [9.17, 15) is 14.4 Å². The number of benzene rings is 2. The third kappa shape index (κ3) is 4.69. The molecule has 0 fully saturated rings. The summed E-state index contributed by atoms with van der Waals surface area (Å²) in [5.74, 6) is -0.577. The second-order valence-corrected chi connectivity index (χ2v) is 7.22. The highest BCUT2D eigenvalue weighted by atomic mass is 32.2. The van der Waals surface area contributed by atoms with Gasteiger partial charge in [0.15, 0.2) is 6.10 Å². The van der Waals surface area contributed by atoms with E-state index in [1.54, 1.807) is 42.5 Å². The lowest BCUT2D eigenvalue weighted by Crippen LogP contribution is -2.30. The largest absolute Gasteiger partial charge is 0.449 e. The van der Waals surface area contributed by atoms with Crippen molar-refractivity contribution in [1.29, 1.82) is 5.26 Å². The summed E-state index contributed by atoms with van der Waals surface area (Å²) in [7, 11) is 0. The van der Waals surface area contributed by atoms with Crippen molar-refractivity contribution in [3.63, 3.8) is 0 Å². The van der Waals surface area contributed by atoms with E-state index in [-0.39, 0.29) is 11.5 Å². The predicted octanol–water partition coefficient (Wildman–Crippen LogP) is 3.18. The Labute approximate surface area is 166 Å². The van der Waals surface area contributed by atoms with E-state index in [1.807, 2.05) is 6.07 Å². The molecule has 0 aromatic heterocycles. The van der Waals surface area contributed by atoms with Crippen LogP contribution in [0.1, 0.15) is 29.3 Å². The predicted molar refractivity (Wildman–Crippen MR) is 105 cm³/mol. The summed E-state index contributed by atoms with van der Waals surface area (Å²) >= 11 is 1.54. The van der Waals surface area contributed by atoms with Crippen molar-refractivity contribution in [3.8, 4) is 6.07 Å². The maximum atomic E-state index is 12.4. The Kier molecular flexibility index (Phi) is 5.96. The summed E-state index contributed by atoms with van der Waals surface area (Å²) in [5.41, 5.74) is 1.79. The van der Waals surface area contributed by atoms with Gasteiger partial charge in [0.1, 0.15) is 0 Å². The first-order valence-electron chi connectivity index (χ1n) is 8.55. The minimum Gasteiger partial charge on any atom is -0.449 e. The maximum absolute atomic E-state index is 12.4. The van der Waals surface area contributed by atoms with Crippen LogP contribution in [0.15, 0.2) is 47.4 Å². The highest BCUT2D eigenvalue weighted by molar-refractivity contribution is 7.99. The molecule has 2 aromatic carbocycles. The van der Waals surface area contributed by atoms with Crippen molar-refractivity contribution in [2.24, 2.45) is 0 Å². The van der Waals surface area contributed by atoms with Crippen LogP contribution < -0.4 is 10.6 Å². The molecule has 2 amide bonds. The number of anilines is 2. The van der Waals surface area contributed by atoms with E-state index in [0.29, 0.717) is 29.1 Å². The molecule has 0 bridgehead atoms. The number of fused-ring (bicyclic) bond motifs is 1. The molecule has 0 radical (unpaired) electrons. The van der Waals surface area contributed by atoms with Gasteiger partial charge in [0.05, 0.1) is 22.9 Å². The topological polar surface area (TPSA) is 108 Å². The minimum atomic E-state index is -1.02. The Balaban J connectivity index is 1.64. The van der Waals surface area contributed by atoms with Crippen LogP contribution in [0, 0.1) is 11.3 Å². The first-order chi connectivity index (χ1) is 13.5. The van der Waals surface area contributed by atoms with Crippen LogP contribution >= 0.6 is 11.8 Å². The lowest BCUT2D eigenvalue weighted by molar-refractivity contribution is -0.123. The smallest absolute Gasteiger partial charge is 0.338 e.